The van der Waals surface area contributed by atoms with Crippen molar-refractivity contribution >= 4 is 5.91 Å². The summed E-state index contributed by atoms with van der Waals surface area (Å²) < 4.78 is 34.3. The molecule has 0 bridgehead atoms. The Bertz CT molecular complexity index is 1820. The largest absolute Gasteiger partial charge is 0.394 e. The zero-order chi connectivity index (χ0) is 63.3. The van der Waals surface area contributed by atoms with Gasteiger partial charge in [0, 0.05) is 6.42 Å². The average molecular weight is 1240 g/mol. The number of aliphatic hydroxyl groups excluding tert-OH is 11. The molecular weight excluding hydrogens is 1120 g/mol. The highest BCUT2D eigenvalue weighted by atomic mass is 16.8. The molecule has 17 atom stereocenters. The number of ether oxygens (including phenoxy) is 6. The minimum atomic E-state index is -1.97. The highest BCUT2D eigenvalue weighted by Gasteiger charge is 2.53. The summed E-state index contributed by atoms with van der Waals surface area (Å²) in [5.74, 6) is -0.246. The van der Waals surface area contributed by atoms with Gasteiger partial charge in [0.15, 0.2) is 18.9 Å². The van der Waals surface area contributed by atoms with Crippen LogP contribution in [0.25, 0.3) is 0 Å². The minimum absolute atomic E-state index is 0.246. The van der Waals surface area contributed by atoms with Gasteiger partial charge >= 0.3 is 0 Å². The van der Waals surface area contributed by atoms with E-state index < -0.39 is 124 Å². The Labute approximate surface area is 522 Å². The Balaban J connectivity index is 1.32. The highest BCUT2D eigenvalue weighted by Crippen LogP contribution is 2.33. The van der Waals surface area contributed by atoms with E-state index in [4.69, 9.17) is 28.4 Å². The quantitative estimate of drug-likeness (QED) is 0.0201. The van der Waals surface area contributed by atoms with E-state index in [2.05, 4.69) is 79.9 Å². The van der Waals surface area contributed by atoms with Gasteiger partial charge in [-0.3, -0.25) is 4.79 Å². The van der Waals surface area contributed by atoms with E-state index in [0.717, 1.165) is 77.0 Å². The molecule has 1 amide bonds. The van der Waals surface area contributed by atoms with Crippen LogP contribution in [-0.4, -0.2) is 193 Å². The number of carbonyl (C=O) groups excluding carboxylic acids is 1. The summed E-state index contributed by atoms with van der Waals surface area (Å²) in [4.78, 5) is 13.4. The van der Waals surface area contributed by atoms with Gasteiger partial charge in [0.1, 0.15) is 73.2 Å². The van der Waals surface area contributed by atoms with E-state index in [9.17, 15) is 61.0 Å². The van der Waals surface area contributed by atoms with E-state index in [1.165, 1.54) is 122 Å². The summed E-state index contributed by atoms with van der Waals surface area (Å²) in [6.45, 7) is 1.64. The zero-order valence-corrected chi connectivity index (χ0v) is 53.2. The summed E-state index contributed by atoms with van der Waals surface area (Å²) in [7, 11) is 0. The SMILES string of the molecule is CC/C=C\C/C=C\C/C=C\C/C=C\C/C=C\CCCCCCCCCCCCCCCCCCCC(=O)NC(COC1OC(CO)C(OC2OC(CO)C(OC3OC(CO)C(O)C(O)C3O)C(O)C2O)C(O)C1O)C(O)CCCCCCCCCCC. The van der Waals surface area contributed by atoms with Gasteiger partial charge in [0.25, 0.3) is 0 Å². The van der Waals surface area contributed by atoms with Gasteiger partial charge in [-0.1, -0.05) is 229 Å². The molecule has 0 radical (unpaired) electrons. The van der Waals surface area contributed by atoms with Gasteiger partial charge in [0.2, 0.25) is 5.91 Å². The topological polar surface area (TPSA) is 307 Å². The van der Waals surface area contributed by atoms with Crippen LogP contribution < -0.4 is 5.32 Å². The van der Waals surface area contributed by atoms with Gasteiger partial charge in [-0.15, -0.1) is 0 Å². The van der Waals surface area contributed by atoms with Crippen molar-refractivity contribution in [1.29, 1.82) is 0 Å². The number of allylic oxidation sites excluding steroid dienone is 10. The first kappa shape index (κ1) is 78.7. The summed E-state index contributed by atoms with van der Waals surface area (Å²) >= 11 is 0. The van der Waals surface area contributed by atoms with Crippen LogP contribution in [0.2, 0.25) is 0 Å². The van der Waals surface area contributed by atoms with Gasteiger partial charge in [-0.25, -0.2) is 0 Å². The summed E-state index contributed by atoms with van der Waals surface area (Å²) in [5.41, 5.74) is 0. The first-order valence-corrected chi connectivity index (χ1v) is 34.0. The van der Waals surface area contributed by atoms with Gasteiger partial charge in [-0.05, 0) is 57.8 Å². The fraction of sp³-hybridized carbons (Fsp3) is 0.838. The molecule has 3 aliphatic rings. The summed E-state index contributed by atoms with van der Waals surface area (Å²) in [5, 5.41) is 120. The molecule has 3 saturated heterocycles. The predicted molar refractivity (Wildman–Crippen MR) is 337 cm³/mol. The number of hydrogen-bond acceptors (Lipinski definition) is 18. The van der Waals surface area contributed by atoms with E-state index in [0.29, 0.717) is 12.8 Å². The van der Waals surface area contributed by atoms with Crippen LogP contribution in [0.4, 0.5) is 0 Å². The number of aliphatic hydroxyl groups is 11. The molecule has 0 aliphatic carbocycles. The molecular formula is C68H121NO18. The third-order valence-corrected chi connectivity index (χ3v) is 16.9. The molecule has 0 spiro atoms. The van der Waals surface area contributed by atoms with Crippen molar-refractivity contribution in [3.63, 3.8) is 0 Å². The van der Waals surface area contributed by atoms with Gasteiger partial charge in [0.05, 0.1) is 38.6 Å². The highest BCUT2D eigenvalue weighted by molar-refractivity contribution is 5.76. The van der Waals surface area contributed by atoms with Crippen LogP contribution in [0, 0.1) is 0 Å². The van der Waals surface area contributed by atoms with Crippen molar-refractivity contribution in [3.05, 3.63) is 60.8 Å². The van der Waals surface area contributed by atoms with Crippen LogP contribution in [0.15, 0.2) is 60.8 Å². The second kappa shape index (κ2) is 50.1. The standard InChI is InChI=1S/C68H121NO18/c1-3-5-7-9-11-13-14-15-16-17-18-19-20-21-22-23-24-25-26-27-28-29-30-31-32-33-34-35-36-38-40-42-44-46-56(74)69-51(52(73)45-43-41-39-37-12-10-8-6-4-2)50-82-66-62(80)59(77)64(54(48-71)84-66)87-68-63(81)60(78)65(55(49-72)85-68)86-67-61(79)58(76)57(75)53(47-70)83-67/h5,7,11,13,15-16,18-19,21-22,51-55,57-68,70-73,75-81H,3-4,6,8-10,12,14,17,20,23-50H2,1-2H3,(H,69,74)/b7-5-,13-11-,16-15-,19-18-,22-21-. The fourth-order valence-corrected chi connectivity index (χ4v) is 11.3. The zero-order valence-electron chi connectivity index (χ0n) is 53.2. The molecule has 19 nitrogen and oxygen atoms in total. The number of rotatable bonds is 51. The third-order valence-electron chi connectivity index (χ3n) is 16.9. The van der Waals surface area contributed by atoms with Crippen LogP contribution in [0.3, 0.4) is 0 Å². The third kappa shape index (κ3) is 32.6. The summed E-state index contributed by atoms with van der Waals surface area (Å²) in [6, 6.07) is -0.886. The van der Waals surface area contributed by atoms with Crippen molar-refractivity contribution < 1.29 is 89.4 Å². The minimum Gasteiger partial charge on any atom is -0.394 e. The number of carbonyl (C=O) groups is 1. The number of hydrogen-bond donors (Lipinski definition) is 12. The van der Waals surface area contributed by atoms with Crippen molar-refractivity contribution in [2.75, 3.05) is 26.4 Å². The molecule has 3 heterocycles. The van der Waals surface area contributed by atoms with Crippen molar-refractivity contribution in [2.45, 2.75) is 336 Å². The fourth-order valence-electron chi connectivity index (χ4n) is 11.3. The Hall–Kier alpha value is -2.51. The molecule has 0 saturated carbocycles. The smallest absolute Gasteiger partial charge is 0.220 e. The maximum absolute atomic E-state index is 13.4. The van der Waals surface area contributed by atoms with E-state index in [-0.39, 0.29) is 18.9 Å². The van der Waals surface area contributed by atoms with E-state index >= 15 is 0 Å². The molecule has 3 rings (SSSR count). The molecule has 506 valence electrons. The normalized spacial score (nSPS) is 29.0. The monoisotopic (exact) mass is 1240 g/mol. The molecule has 19 heteroatoms. The molecule has 0 aromatic rings. The Morgan fingerprint density at radius 2 is 0.793 bits per heavy atom. The number of nitrogens with one attached hydrogen (secondary N) is 1. The number of unbranched alkanes of at least 4 members (excludes halogenated alkanes) is 25. The maximum Gasteiger partial charge on any atom is 0.220 e. The molecule has 0 aromatic heterocycles. The maximum atomic E-state index is 13.4. The molecule has 3 aliphatic heterocycles. The van der Waals surface area contributed by atoms with Crippen molar-refractivity contribution in [3.8, 4) is 0 Å². The van der Waals surface area contributed by atoms with Crippen molar-refractivity contribution in [2.24, 2.45) is 0 Å². The Kier molecular flexibility index (Phi) is 45.3. The molecule has 12 N–H and O–H groups in total. The Morgan fingerprint density at radius 1 is 0.425 bits per heavy atom. The molecule has 17 unspecified atom stereocenters. The lowest BCUT2D eigenvalue weighted by atomic mass is 9.96. The van der Waals surface area contributed by atoms with E-state index in [1.54, 1.807) is 0 Å². The van der Waals surface area contributed by atoms with Crippen LogP contribution >= 0.6 is 0 Å². The van der Waals surface area contributed by atoms with Gasteiger partial charge < -0.3 is 89.9 Å². The summed E-state index contributed by atoms with van der Waals surface area (Å²) in [6.07, 6.45) is 33.4. The lowest BCUT2D eigenvalue weighted by Crippen LogP contribution is -2.66. The van der Waals surface area contributed by atoms with Crippen LogP contribution in [-0.2, 0) is 33.2 Å². The van der Waals surface area contributed by atoms with Crippen LogP contribution in [0.1, 0.15) is 232 Å². The van der Waals surface area contributed by atoms with E-state index in [1.807, 2.05) is 0 Å². The molecule has 87 heavy (non-hydrogen) atoms. The predicted octanol–water partition coefficient (Wildman–Crippen LogP) is 8.38. The first-order chi connectivity index (χ1) is 42.3. The first-order valence-electron chi connectivity index (χ1n) is 34.0. The lowest BCUT2D eigenvalue weighted by molar-refractivity contribution is -0.379. The lowest BCUT2D eigenvalue weighted by Gasteiger charge is -2.48. The second-order valence-electron chi connectivity index (χ2n) is 24.3. The molecule has 0 aromatic carbocycles. The molecule has 3 fully saturated rings. The number of amides is 1. The average Bonchev–Trinajstić information content (AvgIpc) is 1.04. The Morgan fingerprint density at radius 3 is 1.24 bits per heavy atom. The second-order valence-corrected chi connectivity index (χ2v) is 24.3. The van der Waals surface area contributed by atoms with Crippen molar-refractivity contribution in [1.82, 2.24) is 5.32 Å². The van der Waals surface area contributed by atoms with Crippen LogP contribution in [0.5, 0.6) is 0 Å². The van der Waals surface area contributed by atoms with Gasteiger partial charge in [-0.2, -0.15) is 0 Å².